The van der Waals surface area contributed by atoms with Gasteiger partial charge in [-0.15, -0.1) is 0 Å². The normalized spacial score (nSPS) is 28.0. The third-order valence-electron chi connectivity index (χ3n) is 5.28. The summed E-state index contributed by atoms with van der Waals surface area (Å²) >= 11 is 0. The van der Waals surface area contributed by atoms with Crippen LogP contribution in [-0.4, -0.2) is 24.4 Å². The molecular weight excluding hydrogens is 288 g/mol. The highest BCUT2D eigenvalue weighted by molar-refractivity contribution is 6.00. The Morgan fingerprint density at radius 1 is 1.17 bits per heavy atom. The quantitative estimate of drug-likeness (QED) is 0.932. The molecule has 2 amide bonds. The molecule has 3 atom stereocenters. The van der Waals surface area contributed by atoms with Crippen molar-refractivity contribution in [2.24, 2.45) is 11.8 Å². The Labute approximate surface area is 138 Å². The summed E-state index contributed by atoms with van der Waals surface area (Å²) < 4.78 is 0. The molecule has 0 bridgehead atoms. The van der Waals surface area contributed by atoms with E-state index in [2.05, 4.69) is 12.2 Å². The SMILES string of the molecule is Cc1ccc(N2C[C@H](C(=O)N[C@H]3CCCC[C@@H]3C)CC2=O)cc1. The third-order valence-corrected chi connectivity index (χ3v) is 5.28. The number of hydrogen-bond acceptors (Lipinski definition) is 2. The van der Waals surface area contributed by atoms with Gasteiger partial charge in [0.25, 0.3) is 0 Å². The molecule has 3 rings (SSSR count). The summed E-state index contributed by atoms with van der Waals surface area (Å²) in [4.78, 5) is 26.6. The van der Waals surface area contributed by atoms with Crippen LogP contribution < -0.4 is 10.2 Å². The monoisotopic (exact) mass is 314 g/mol. The lowest BCUT2D eigenvalue weighted by molar-refractivity contribution is -0.127. The summed E-state index contributed by atoms with van der Waals surface area (Å²) in [5.41, 5.74) is 2.06. The first kappa shape index (κ1) is 16.0. The summed E-state index contributed by atoms with van der Waals surface area (Å²) in [6, 6.07) is 8.19. The van der Waals surface area contributed by atoms with Crippen LogP contribution in [0.4, 0.5) is 5.69 Å². The summed E-state index contributed by atoms with van der Waals surface area (Å²) in [7, 11) is 0. The van der Waals surface area contributed by atoms with Gasteiger partial charge in [-0.25, -0.2) is 0 Å². The number of carbonyl (C=O) groups is 2. The zero-order chi connectivity index (χ0) is 16.4. The minimum atomic E-state index is -0.224. The summed E-state index contributed by atoms with van der Waals surface area (Å²) in [5, 5.41) is 3.19. The van der Waals surface area contributed by atoms with Gasteiger partial charge in [-0.3, -0.25) is 9.59 Å². The fourth-order valence-corrected chi connectivity index (χ4v) is 3.69. The number of anilines is 1. The van der Waals surface area contributed by atoms with Crippen LogP contribution in [0.1, 0.15) is 44.6 Å². The molecule has 1 N–H and O–H groups in total. The van der Waals surface area contributed by atoms with Crippen LogP contribution in [0.3, 0.4) is 0 Å². The second-order valence-corrected chi connectivity index (χ2v) is 7.12. The molecule has 0 radical (unpaired) electrons. The van der Waals surface area contributed by atoms with Gasteiger partial charge in [0.15, 0.2) is 0 Å². The Hall–Kier alpha value is -1.84. The van der Waals surface area contributed by atoms with Crippen LogP contribution in [0.2, 0.25) is 0 Å². The van der Waals surface area contributed by atoms with Crippen LogP contribution in [0.15, 0.2) is 24.3 Å². The first-order valence-corrected chi connectivity index (χ1v) is 8.72. The molecule has 124 valence electrons. The lowest BCUT2D eigenvalue weighted by Gasteiger charge is -2.30. The molecule has 1 saturated heterocycles. The molecule has 4 heteroatoms. The number of nitrogens with zero attached hydrogens (tertiary/aromatic N) is 1. The van der Waals surface area contributed by atoms with Gasteiger partial charge in [-0.1, -0.05) is 37.5 Å². The van der Waals surface area contributed by atoms with Crippen molar-refractivity contribution in [2.45, 2.75) is 52.0 Å². The highest BCUT2D eigenvalue weighted by Gasteiger charge is 2.36. The Bertz CT molecular complexity index is 582. The van der Waals surface area contributed by atoms with Crippen molar-refractivity contribution in [1.29, 1.82) is 0 Å². The Morgan fingerprint density at radius 3 is 2.57 bits per heavy atom. The van der Waals surface area contributed by atoms with Gasteiger partial charge in [-0.05, 0) is 37.8 Å². The maximum Gasteiger partial charge on any atom is 0.227 e. The number of hydrogen-bond donors (Lipinski definition) is 1. The molecule has 0 aromatic heterocycles. The Kier molecular flexibility index (Phi) is 4.69. The number of carbonyl (C=O) groups excluding carboxylic acids is 2. The predicted octanol–water partition coefficient (Wildman–Crippen LogP) is 3.04. The van der Waals surface area contributed by atoms with Crippen molar-refractivity contribution in [1.82, 2.24) is 5.32 Å². The summed E-state index contributed by atoms with van der Waals surface area (Å²) in [5.74, 6) is 0.411. The minimum absolute atomic E-state index is 0.0469. The molecule has 23 heavy (non-hydrogen) atoms. The molecule has 1 aliphatic carbocycles. The molecule has 1 aromatic rings. The lowest BCUT2D eigenvalue weighted by Crippen LogP contribution is -2.44. The highest BCUT2D eigenvalue weighted by Crippen LogP contribution is 2.27. The maximum atomic E-state index is 12.5. The van der Waals surface area contributed by atoms with Crippen molar-refractivity contribution in [3.05, 3.63) is 29.8 Å². The number of nitrogens with one attached hydrogen (secondary N) is 1. The minimum Gasteiger partial charge on any atom is -0.353 e. The smallest absolute Gasteiger partial charge is 0.227 e. The van der Waals surface area contributed by atoms with Gasteiger partial charge in [0.2, 0.25) is 11.8 Å². The van der Waals surface area contributed by atoms with E-state index < -0.39 is 0 Å². The molecule has 2 aliphatic rings. The number of aryl methyl sites for hydroxylation is 1. The van der Waals surface area contributed by atoms with Crippen molar-refractivity contribution in [3.63, 3.8) is 0 Å². The Balaban J connectivity index is 1.62. The number of benzene rings is 1. The fourth-order valence-electron chi connectivity index (χ4n) is 3.69. The standard InChI is InChI=1S/C19H26N2O2/c1-13-7-9-16(10-8-13)21-12-15(11-18(21)22)19(23)20-17-6-4-3-5-14(17)2/h7-10,14-15,17H,3-6,11-12H2,1-2H3,(H,20,23)/t14-,15+,17-/m0/s1. The van der Waals surface area contributed by atoms with Gasteiger partial charge in [-0.2, -0.15) is 0 Å². The molecule has 1 aliphatic heterocycles. The van der Waals surface area contributed by atoms with E-state index in [9.17, 15) is 9.59 Å². The number of amides is 2. The van der Waals surface area contributed by atoms with Crippen molar-refractivity contribution in [3.8, 4) is 0 Å². The molecular formula is C19H26N2O2. The van der Waals surface area contributed by atoms with Crippen LogP contribution >= 0.6 is 0 Å². The topological polar surface area (TPSA) is 49.4 Å². The molecule has 1 saturated carbocycles. The molecule has 1 aromatic carbocycles. The van der Waals surface area contributed by atoms with E-state index in [0.29, 0.717) is 18.9 Å². The van der Waals surface area contributed by atoms with Crippen molar-refractivity contribution >= 4 is 17.5 Å². The van der Waals surface area contributed by atoms with Crippen molar-refractivity contribution < 1.29 is 9.59 Å². The molecule has 4 nitrogen and oxygen atoms in total. The van der Waals surface area contributed by atoms with E-state index in [1.54, 1.807) is 4.90 Å². The van der Waals surface area contributed by atoms with Gasteiger partial charge < -0.3 is 10.2 Å². The largest absolute Gasteiger partial charge is 0.353 e. The van der Waals surface area contributed by atoms with E-state index in [1.165, 1.54) is 24.8 Å². The fraction of sp³-hybridized carbons (Fsp3) is 0.579. The number of rotatable bonds is 3. The zero-order valence-electron chi connectivity index (χ0n) is 14.0. The lowest BCUT2D eigenvalue weighted by atomic mass is 9.85. The highest BCUT2D eigenvalue weighted by atomic mass is 16.2. The van der Waals surface area contributed by atoms with Crippen LogP contribution in [0, 0.1) is 18.8 Å². The average molecular weight is 314 g/mol. The first-order chi connectivity index (χ1) is 11.0. The predicted molar refractivity (Wildman–Crippen MR) is 91.2 cm³/mol. The van der Waals surface area contributed by atoms with Gasteiger partial charge in [0.1, 0.15) is 0 Å². The summed E-state index contributed by atoms with van der Waals surface area (Å²) in [6.45, 7) is 4.73. The van der Waals surface area contributed by atoms with Crippen LogP contribution in [0.25, 0.3) is 0 Å². The zero-order valence-corrected chi connectivity index (χ0v) is 14.0. The third kappa shape index (κ3) is 3.57. The molecule has 1 heterocycles. The average Bonchev–Trinajstić information content (AvgIpc) is 2.92. The van der Waals surface area contributed by atoms with Crippen LogP contribution in [0.5, 0.6) is 0 Å². The summed E-state index contributed by atoms with van der Waals surface area (Å²) in [6.07, 6.45) is 5.02. The van der Waals surface area contributed by atoms with Gasteiger partial charge in [0.05, 0.1) is 5.92 Å². The second kappa shape index (κ2) is 6.73. The van der Waals surface area contributed by atoms with Gasteiger partial charge in [0, 0.05) is 24.7 Å². The second-order valence-electron chi connectivity index (χ2n) is 7.12. The Morgan fingerprint density at radius 2 is 1.87 bits per heavy atom. The molecule has 0 spiro atoms. The van der Waals surface area contributed by atoms with E-state index in [4.69, 9.17) is 0 Å². The maximum absolute atomic E-state index is 12.5. The van der Waals surface area contributed by atoms with Gasteiger partial charge >= 0.3 is 0 Å². The van der Waals surface area contributed by atoms with E-state index >= 15 is 0 Å². The van der Waals surface area contributed by atoms with Crippen LogP contribution in [-0.2, 0) is 9.59 Å². The van der Waals surface area contributed by atoms with E-state index in [-0.39, 0.29) is 23.8 Å². The van der Waals surface area contributed by atoms with Crippen molar-refractivity contribution in [2.75, 3.05) is 11.4 Å². The van der Waals surface area contributed by atoms with E-state index in [0.717, 1.165) is 12.1 Å². The first-order valence-electron chi connectivity index (χ1n) is 8.72. The molecule has 0 unspecified atom stereocenters. The van der Waals surface area contributed by atoms with E-state index in [1.807, 2.05) is 31.2 Å². The molecule has 2 fully saturated rings.